The summed E-state index contributed by atoms with van der Waals surface area (Å²) in [5.41, 5.74) is 2.86. The van der Waals surface area contributed by atoms with E-state index in [-0.39, 0.29) is 0 Å². The second kappa shape index (κ2) is 3.24. The first-order valence-electron chi connectivity index (χ1n) is 5.47. The average molecular weight is 217 g/mol. The van der Waals surface area contributed by atoms with Crippen molar-refractivity contribution in [1.82, 2.24) is 0 Å². The topological polar surface area (TPSA) is 0 Å². The minimum atomic E-state index is 0.656. The van der Waals surface area contributed by atoms with Gasteiger partial charge in [0.2, 0.25) is 0 Å². The Morgan fingerprint density at radius 2 is 2.07 bits per heavy atom. The van der Waals surface area contributed by atoms with E-state index < -0.39 is 0 Å². The number of hydrogen-bond acceptors (Lipinski definition) is 0. The molecule has 1 aliphatic rings. The fourth-order valence-electron chi connectivity index (χ4n) is 2.71. The molecule has 15 heavy (non-hydrogen) atoms. The van der Waals surface area contributed by atoms with Gasteiger partial charge in [-0.3, -0.25) is 0 Å². The van der Waals surface area contributed by atoms with Crippen molar-refractivity contribution in [3.8, 4) is 0 Å². The molecule has 0 nitrogen and oxygen atoms in total. The molecule has 0 heterocycles. The van der Waals surface area contributed by atoms with Crippen LogP contribution >= 0.6 is 11.6 Å². The van der Waals surface area contributed by atoms with Gasteiger partial charge >= 0.3 is 0 Å². The van der Waals surface area contributed by atoms with Crippen LogP contribution in [0.5, 0.6) is 0 Å². The highest BCUT2D eigenvalue weighted by molar-refractivity contribution is 6.32. The Balaban J connectivity index is 2.45. The normalized spacial score (nSPS) is 19.5. The van der Waals surface area contributed by atoms with E-state index in [1.54, 1.807) is 0 Å². The molecule has 3 rings (SSSR count). The Labute approximate surface area is 94.9 Å². The van der Waals surface area contributed by atoms with E-state index in [1.165, 1.54) is 28.3 Å². The summed E-state index contributed by atoms with van der Waals surface area (Å²) in [6.45, 7) is 2.30. The lowest BCUT2D eigenvalue weighted by atomic mass is 9.96. The quantitative estimate of drug-likeness (QED) is 0.607. The van der Waals surface area contributed by atoms with Crippen LogP contribution in [-0.4, -0.2) is 0 Å². The van der Waals surface area contributed by atoms with E-state index in [0.717, 1.165) is 11.4 Å². The van der Waals surface area contributed by atoms with Gasteiger partial charge in [0.1, 0.15) is 0 Å². The fraction of sp³-hybridized carbons (Fsp3) is 0.286. The highest BCUT2D eigenvalue weighted by atomic mass is 35.5. The summed E-state index contributed by atoms with van der Waals surface area (Å²) in [7, 11) is 0. The standard InChI is InChI=1S/C14H13Cl/c1-9-6-7-12-13(15)8-10-4-2-3-5-11(10)14(9)12/h2-5,8-9H,6-7H2,1H3. The third kappa shape index (κ3) is 1.28. The lowest BCUT2D eigenvalue weighted by molar-refractivity contribution is 0.750. The lowest BCUT2D eigenvalue weighted by Crippen LogP contribution is -1.90. The molecular formula is C14H13Cl. The predicted molar refractivity (Wildman–Crippen MR) is 65.7 cm³/mol. The highest BCUT2D eigenvalue weighted by Gasteiger charge is 2.23. The molecule has 0 aliphatic heterocycles. The van der Waals surface area contributed by atoms with Gasteiger partial charge in [0.15, 0.2) is 0 Å². The Hall–Kier alpha value is -1.01. The van der Waals surface area contributed by atoms with Gasteiger partial charge in [0, 0.05) is 5.02 Å². The molecule has 2 aromatic carbocycles. The van der Waals surface area contributed by atoms with Gasteiger partial charge in [-0.25, -0.2) is 0 Å². The second-order valence-corrected chi connectivity index (χ2v) is 4.82. The first kappa shape index (κ1) is 9.23. The largest absolute Gasteiger partial charge is 0.0840 e. The van der Waals surface area contributed by atoms with Crippen LogP contribution in [0, 0.1) is 0 Å². The van der Waals surface area contributed by atoms with Crippen LogP contribution in [0.15, 0.2) is 30.3 Å². The SMILES string of the molecule is CC1CCc2c(Cl)cc3ccccc3c21. The molecular weight excluding hydrogens is 204 g/mol. The molecule has 0 aromatic heterocycles. The molecule has 0 spiro atoms. The van der Waals surface area contributed by atoms with Crippen LogP contribution in [0.4, 0.5) is 0 Å². The van der Waals surface area contributed by atoms with Crippen molar-refractivity contribution in [2.24, 2.45) is 0 Å². The van der Waals surface area contributed by atoms with E-state index in [9.17, 15) is 0 Å². The van der Waals surface area contributed by atoms with E-state index in [4.69, 9.17) is 11.6 Å². The summed E-state index contributed by atoms with van der Waals surface area (Å²) in [4.78, 5) is 0. The molecule has 2 aromatic rings. The molecule has 76 valence electrons. The summed E-state index contributed by atoms with van der Waals surface area (Å²) >= 11 is 6.31. The van der Waals surface area contributed by atoms with Crippen molar-refractivity contribution < 1.29 is 0 Å². The van der Waals surface area contributed by atoms with Crippen molar-refractivity contribution in [2.45, 2.75) is 25.7 Å². The zero-order chi connectivity index (χ0) is 10.4. The molecule has 0 N–H and O–H groups in total. The van der Waals surface area contributed by atoms with Crippen LogP contribution in [0.1, 0.15) is 30.4 Å². The molecule has 1 unspecified atom stereocenters. The Bertz CT molecular complexity index is 528. The van der Waals surface area contributed by atoms with Crippen LogP contribution in [0.2, 0.25) is 5.02 Å². The number of benzene rings is 2. The van der Waals surface area contributed by atoms with Crippen molar-refractivity contribution in [1.29, 1.82) is 0 Å². The van der Waals surface area contributed by atoms with Gasteiger partial charge in [-0.1, -0.05) is 42.8 Å². The smallest absolute Gasteiger partial charge is 0.0447 e. The predicted octanol–water partition coefficient (Wildman–Crippen LogP) is 4.54. The van der Waals surface area contributed by atoms with Gasteiger partial charge in [-0.2, -0.15) is 0 Å². The summed E-state index contributed by atoms with van der Waals surface area (Å²) in [6.07, 6.45) is 2.38. The zero-order valence-corrected chi connectivity index (χ0v) is 9.51. The maximum absolute atomic E-state index is 6.31. The van der Waals surface area contributed by atoms with Gasteiger partial charge < -0.3 is 0 Å². The maximum atomic E-state index is 6.31. The number of fused-ring (bicyclic) bond motifs is 3. The Morgan fingerprint density at radius 1 is 1.27 bits per heavy atom. The van der Waals surface area contributed by atoms with Gasteiger partial charge in [-0.15, -0.1) is 0 Å². The number of halogens is 1. The van der Waals surface area contributed by atoms with Gasteiger partial charge in [-0.05, 0) is 46.7 Å². The van der Waals surface area contributed by atoms with Gasteiger partial charge in [0.05, 0.1) is 0 Å². The third-order valence-corrected chi connectivity index (χ3v) is 3.80. The molecule has 0 radical (unpaired) electrons. The van der Waals surface area contributed by atoms with Crippen molar-refractivity contribution in [2.75, 3.05) is 0 Å². The molecule has 0 saturated heterocycles. The van der Waals surface area contributed by atoms with Crippen LogP contribution in [0.25, 0.3) is 10.8 Å². The molecule has 0 fully saturated rings. The summed E-state index contributed by atoms with van der Waals surface area (Å²) in [5.74, 6) is 0.656. The van der Waals surface area contributed by atoms with Gasteiger partial charge in [0.25, 0.3) is 0 Å². The molecule has 0 saturated carbocycles. The van der Waals surface area contributed by atoms with Crippen LogP contribution in [-0.2, 0) is 6.42 Å². The maximum Gasteiger partial charge on any atom is 0.0447 e. The van der Waals surface area contributed by atoms with E-state index in [2.05, 4.69) is 37.3 Å². The first-order valence-corrected chi connectivity index (χ1v) is 5.85. The van der Waals surface area contributed by atoms with Crippen LogP contribution in [0.3, 0.4) is 0 Å². The Morgan fingerprint density at radius 3 is 2.93 bits per heavy atom. The molecule has 0 amide bonds. The highest BCUT2D eigenvalue weighted by Crippen LogP contribution is 2.41. The summed E-state index contributed by atoms with van der Waals surface area (Å²) in [5, 5.41) is 3.62. The fourth-order valence-corrected chi connectivity index (χ4v) is 3.02. The minimum absolute atomic E-state index is 0.656. The Kier molecular flexibility index (Phi) is 2.00. The molecule has 1 heteroatoms. The summed E-state index contributed by atoms with van der Waals surface area (Å²) < 4.78 is 0. The third-order valence-electron chi connectivity index (χ3n) is 3.47. The number of hydrogen-bond donors (Lipinski definition) is 0. The van der Waals surface area contributed by atoms with Crippen molar-refractivity contribution in [3.05, 3.63) is 46.5 Å². The average Bonchev–Trinajstić information content (AvgIpc) is 2.62. The van der Waals surface area contributed by atoms with E-state index >= 15 is 0 Å². The van der Waals surface area contributed by atoms with E-state index in [1.807, 2.05) is 0 Å². The number of rotatable bonds is 0. The first-order chi connectivity index (χ1) is 7.27. The molecule has 1 atom stereocenters. The van der Waals surface area contributed by atoms with Crippen molar-refractivity contribution in [3.63, 3.8) is 0 Å². The summed E-state index contributed by atoms with van der Waals surface area (Å²) in [6, 6.07) is 10.7. The second-order valence-electron chi connectivity index (χ2n) is 4.41. The molecule has 0 bridgehead atoms. The van der Waals surface area contributed by atoms with Crippen molar-refractivity contribution >= 4 is 22.4 Å². The van der Waals surface area contributed by atoms with Crippen LogP contribution < -0.4 is 0 Å². The van der Waals surface area contributed by atoms with E-state index in [0.29, 0.717) is 5.92 Å². The minimum Gasteiger partial charge on any atom is -0.0840 e. The zero-order valence-electron chi connectivity index (χ0n) is 8.76. The monoisotopic (exact) mass is 216 g/mol. The molecule has 1 aliphatic carbocycles. The lowest BCUT2D eigenvalue weighted by Gasteiger charge is -2.10.